The Hall–Kier alpha value is -2.41. The first-order valence-electron chi connectivity index (χ1n) is 8.85. The Bertz CT molecular complexity index is 916. The molecular formula is C20H20FN3O2S. The zero-order valence-electron chi connectivity index (χ0n) is 14.9. The van der Waals surface area contributed by atoms with Gasteiger partial charge in [0.15, 0.2) is 11.0 Å². The van der Waals surface area contributed by atoms with E-state index in [4.69, 9.17) is 15.5 Å². The molecule has 5 nitrogen and oxygen atoms in total. The van der Waals surface area contributed by atoms with Crippen molar-refractivity contribution in [2.75, 3.05) is 12.4 Å². The number of thioether (sulfide) groups is 1. The molecule has 0 amide bonds. The number of pyridine rings is 1. The molecule has 0 saturated carbocycles. The lowest BCUT2D eigenvalue weighted by Gasteiger charge is -2.36. The van der Waals surface area contributed by atoms with Crippen LogP contribution >= 0.6 is 11.8 Å². The van der Waals surface area contributed by atoms with Crippen molar-refractivity contribution < 1.29 is 13.9 Å². The Morgan fingerprint density at radius 3 is 3.04 bits per heavy atom. The van der Waals surface area contributed by atoms with Gasteiger partial charge in [-0.3, -0.25) is 14.8 Å². The van der Waals surface area contributed by atoms with Gasteiger partial charge in [-0.25, -0.2) is 4.39 Å². The van der Waals surface area contributed by atoms with E-state index in [9.17, 15) is 9.18 Å². The molecule has 0 aliphatic carbocycles. The number of benzene rings is 1. The number of ketones is 1. The van der Waals surface area contributed by atoms with Crippen LogP contribution in [0.2, 0.25) is 0 Å². The molecule has 2 aliphatic heterocycles. The molecule has 0 saturated heterocycles. The molecule has 27 heavy (non-hydrogen) atoms. The van der Waals surface area contributed by atoms with E-state index in [1.54, 1.807) is 11.8 Å². The van der Waals surface area contributed by atoms with Gasteiger partial charge in [0.05, 0.1) is 18.3 Å². The Kier molecular flexibility index (Phi) is 4.63. The summed E-state index contributed by atoms with van der Waals surface area (Å²) in [5.41, 5.74) is 7.62. The highest BCUT2D eigenvalue weighted by Crippen LogP contribution is 2.47. The summed E-state index contributed by atoms with van der Waals surface area (Å²) in [6, 6.07) is 8.42. The van der Waals surface area contributed by atoms with Crippen LogP contribution in [-0.2, 0) is 12.0 Å². The number of hydrogen-bond acceptors (Lipinski definition) is 6. The van der Waals surface area contributed by atoms with E-state index in [0.717, 1.165) is 35.2 Å². The lowest BCUT2D eigenvalue weighted by molar-refractivity contribution is 0.0988. The standard InChI is InChI=1S/C20H20FN3O2S/c1-20-13(11-27-19(22)24-20)6-7-26-18-5-2-12(8-15(18)20)9-17(25)16-4-3-14(21)10-23-16/h2-5,8,10,13H,6-7,9,11H2,1H3,(H2,22,24)/t13-,20+/m1/s1. The molecule has 0 radical (unpaired) electrons. The second-order valence-corrected chi connectivity index (χ2v) is 8.08. The normalized spacial score (nSPS) is 24.1. The van der Waals surface area contributed by atoms with Crippen molar-refractivity contribution in [1.82, 2.24) is 4.98 Å². The van der Waals surface area contributed by atoms with Crippen LogP contribution in [0.15, 0.2) is 41.5 Å². The van der Waals surface area contributed by atoms with Gasteiger partial charge in [0, 0.05) is 23.7 Å². The number of Topliss-reactive ketones (excluding diaryl/α,β-unsaturated/α-hetero) is 1. The molecular weight excluding hydrogens is 365 g/mol. The van der Waals surface area contributed by atoms with E-state index >= 15 is 0 Å². The fourth-order valence-electron chi connectivity index (χ4n) is 3.68. The number of amidine groups is 1. The molecule has 0 bridgehead atoms. The SMILES string of the molecule is C[C@]12N=C(N)SC[C@H]1CCOc1ccc(CC(=O)c3ccc(F)cn3)cc12. The van der Waals surface area contributed by atoms with Crippen molar-refractivity contribution in [1.29, 1.82) is 0 Å². The average molecular weight is 385 g/mol. The van der Waals surface area contributed by atoms with E-state index in [2.05, 4.69) is 11.9 Å². The summed E-state index contributed by atoms with van der Waals surface area (Å²) < 4.78 is 19.0. The van der Waals surface area contributed by atoms with Gasteiger partial charge >= 0.3 is 0 Å². The van der Waals surface area contributed by atoms with Crippen molar-refractivity contribution >= 4 is 22.7 Å². The van der Waals surface area contributed by atoms with Gasteiger partial charge in [-0.05, 0) is 43.2 Å². The summed E-state index contributed by atoms with van der Waals surface area (Å²) in [4.78, 5) is 21.1. The highest BCUT2D eigenvalue weighted by atomic mass is 32.2. The van der Waals surface area contributed by atoms with Crippen LogP contribution < -0.4 is 10.5 Å². The third-order valence-corrected chi connectivity index (χ3v) is 6.22. The molecule has 7 heteroatoms. The Morgan fingerprint density at radius 1 is 1.41 bits per heavy atom. The van der Waals surface area contributed by atoms with E-state index < -0.39 is 11.4 Å². The molecule has 140 valence electrons. The van der Waals surface area contributed by atoms with E-state index in [-0.39, 0.29) is 17.9 Å². The number of ether oxygens (including phenoxy) is 1. The monoisotopic (exact) mass is 385 g/mol. The quantitative estimate of drug-likeness (QED) is 0.820. The van der Waals surface area contributed by atoms with Gasteiger partial charge < -0.3 is 10.5 Å². The maximum atomic E-state index is 13.0. The molecule has 3 heterocycles. The number of nitrogens with zero attached hydrogens (tertiary/aromatic N) is 2. The maximum Gasteiger partial charge on any atom is 0.185 e. The molecule has 0 spiro atoms. The summed E-state index contributed by atoms with van der Waals surface area (Å²) in [5.74, 6) is 1.39. The first-order valence-corrected chi connectivity index (χ1v) is 9.83. The van der Waals surface area contributed by atoms with E-state index in [1.807, 2.05) is 18.2 Å². The number of rotatable bonds is 3. The van der Waals surface area contributed by atoms with Crippen LogP contribution in [0.25, 0.3) is 0 Å². The smallest absolute Gasteiger partial charge is 0.185 e. The lowest BCUT2D eigenvalue weighted by Crippen LogP contribution is -2.37. The largest absolute Gasteiger partial charge is 0.493 e. The fourth-order valence-corrected chi connectivity index (χ4v) is 4.80. The molecule has 0 fully saturated rings. The van der Waals surface area contributed by atoms with Crippen molar-refractivity contribution in [3.05, 3.63) is 59.2 Å². The fraction of sp³-hybridized carbons (Fsp3) is 0.350. The second kappa shape index (κ2) is 6.96. The molecule has 2 N–H and O–H groups in total. The summed E-state index contributed by atoms with van der Waals surface area (Å²) in [6.45, 7) is 2.73. The molecule has 2 atom stereocenters. The van der Waals surface area contributed by atoms with Gasteiger partial charge in [-0.15, -0.1) is 0 Å². The third kappa shape index (κ3) is 3.43. The summed E-state index contributed by atoms with van der Waals surface area (Å²) in [6.07, 6.45) is 2.14. The molecule has 1 aromatic carbocycles. The number of aromatic nitrogens is 1. The number of nitrogens with two attached hydrogens (primary N) is 1. The average Bonchev–Trinajstić information content (AvgIpc) is 2.78. The lowest BCUT2D eigenvalue weighted by atomic mass is 9.78. The van der Waals surface area contributed by atoms with Crippen molar-refractivity contribution in [3.8, 4) is 5.75 Å². The van der Waals surface area contributed by atoms with Gasteiger partial charge in [0.1, 0.15) is 17.3 Å². The van der Waals surface area contributed by atoms with Crippen LogP contribution in [0.5, 0.6) is 5.75 Å². The van der Waals surface area contributed by atoms with Gasteiger partial charge in [0.2, 0.25) is 0 Å². The highest BCUT2D eigenvalue weighted by molar-refractivity contribution is 8.13. The minimum Gasteiger partial charge on any atom is -0.493 e. The number of carbonyl (C=O) groups is 1. The molecule has 4 rings (SSSR count). The van der Waals surface area contributed by atoms with Crippen LogP contribution in [-0.4, -0.2) is 28.3 Å². The second-order valence-electron chi connectivity index (χ2n) is 7.03. The van der Waals surface area contributed by atoms with E-state index in [0.29, 0.717) is 17.7 Å². The summed E-state index contributed by atoms with van der Waals surface area (Å²) in [5, 5.41) is 0.582. The Balaban J connectivity index is 1.68. The van der Waals surface area contributed by atoms with Crippen molar-refractivity contribution in [2.45, 2.75) is 25.3 Å². The summed E-state index contributed by atoms with van der Waals surface area (Å²) >= 11 is 1.58. The number of halogens is 1. The Labute approximate surface area is 161 Å². The third-order valence-electron chi connectivity index (χ3n) is 5.26. The predicted octanol–water partition coefficient (Wildman–Crippen LogP) is 3.32. The minimum absolute atomic E-state index is 0.159. The maximum absolute atomic E-state index is 13.0. The van der Waals surface area contributed by atoms with Crippen molar-refractivity contribution in [3.63, 3.8) is 0 Å². The summed E-state index contributed by atoms with van der Waals surface area (Å²) in [7, 11) is 0. The zero-order chi connectivity index (χ0) is 19.0. The van der Waals surface area contributed by atoms with Crippen LogP contribution in [0.3, 0.4) is 0 Å². The molecule has 2 aliphatic rings. The predicted molar refractivity (Wildman–Crippen MR) is 104 cm³/mol. The molecule has 0 unspecified atom stereocenters. The Morgan fingerprint density at radius 2 is 2.26 bits per heavy atom. The highest BCUT2D eigenvalue weighted by Gasteiger charge is 2.42. The van der Waals surface area contributed by atoms with Gasteiger partial charge in [-0.1, -0.05) is 17.8 Å². The molecule has 1 aromatic heterocycles. The number of carbonyl (C=O) groups excluding carboxylic acids is 1. The first-order chi connectivity index (χ1) is 13.0. The van der Waals surface area contributed by atoms with Crippen LogP contribution in [0.1, 0.15) is 35.0 Å². The van der Waals surface area contributed by atoms with Crippen molar-refractivity contribution in [2.24, 2.45) is 16.6 Å². The van der Waals surface area contributed by atoms with Crippen LogP contribution in [0, 0.1) is 11.7 Å². The topological polar surface area (TPSA) is 77.6 Å². The minimum atomic E-state index is -0.464. The van der Waals surface area contributed by atoms with Gasteiger partial charge in [-0.2, -0.15) is 0 Å². The number of aliphatic imine (C=N–C) groups is 1. The first kappa shape index (κ1) is 18.0. The zero-order valence-corrected chi connectivity index (χ0v) is 15.8. The van der Waals surface area contributed by atoms with Gasteiger partial charge in [0.25, 0.3) is 0 Å². The number of hydrogen-bond donors (Lipinski definition) is 1. The van der Waals surface area contributed by atoms with Crippen LogP contribution in [0.4, 0.5) is 4.39 Å². The van der Waals surface area contributed by atoms with E-state index in [1.165, 1.54) is 12.1 Å². The number of fused-ring (bicyclic) bond motifs is 3. The molecule has 2 aromatic rings.